The first-order valence-electron chi connectivity index (χ1n) is 2.49. The summed E-state index contributed by atoms with van der Waals surface area (Å²) in [6.45, 7) is 4.21. The molecule has 0 atom stereocenters. The van der Waals surface area contributed by atoms with Gasteiger partial charge in [-0.05, 0) is 0 Å². The van der Waals surface area contributed by atoms with Crippen molar-refractivity contribution in [3.63, 3.8) is 0 Å². The molecule has 1 aromatic rings. The third kappa shape index (κ3) is 1.83. The zero-order valence-corrected chi connectivity index (χ0v) is 6.82. The van der Waals surface area contributed by atoms with Crippen LogP contribution in [0.4, 0.5) is 0 Å². The quantitative estimate of drug-likeness (QED) is 0.438. The second-order valence-corrected chi connectivity index (χ2v) is 1.97. The number of aryl methyl sites for hydroxylation is 2. The van der Waals surface area contributed by atoms with Crippen molar-refractivity contribution in [1.29, 1.82) is 0 Å². The van der Waals surface area contributed by atoms with E-state index in [1.807, 2.05) is 0 Å². The van der Waals surface area contributed by atoms with Gasteiger partial charge in [-0.15, -0.1) is 0 Å². The van der Waals surface area contributed by atoms with Crippen LogP contribution in [0.5, 0.6) is 0 Å². The van der Waals surface area contributed by atoms with Crippen LogP contribution in [0.3, 0.4) is 0 Å². The van der Waals surface area contributed by atoms with Gasteiger partial charge >= 0.3 is 19.5 Å². The monoisotopic (exact) mass is 195 g/mol. The Bertz CT molecular complexity index is 137. The van der Waals surface area contributed by atoms with Gasteiger partial charge in [-0.25, -0.2) is 11.6 Å². The minimum atomic E-state index is 0. The number of rotatable bonds is 0. The zero-order valence-electron chi connectivity index (χ0n) is 5.09. The molecule has 0 saturated heterocycles. The first-order chi connectivity index (χ1) is 3.29. The van der Waals surface area contributed by atoms with Crippen molar-refractivity contribution in [2.75, 3.05) is 0 Å². The van der Waals surface area contributed by atoms with Crippen molar-refractivity contribution in [1.82, 2.24) is 0 Å². The van der Waals surface area contributed by atoms with E-state index in [4.69, 9.17) is 0 Å². The Hall–Kier alpha value is -0.0266. The molecule has 8 heavy (non-hydrogen) atoms. The molecule has 0 aliphatic rings. The second-order valence-electron chi connectivity index (χ2n) is 1.97. The minimum Gasteiger partial charge on any atom is -0.211 e. The SMILES string of the molecule is Cc1cc[c-](C)c1.[Ru+]. The summed E-state index contributed by atoms with van der Waals surface area (Å²) in [5.74, 6) is 0. The number of hydrogen-bond acceptors (Lipinski definition) is 0. The molecule has 1 radical (unpaired) electrons. The fourth-order valence-corrected chi connectivity index (χ4v) is 0.718. The minimum absolute atomic E-state index is 0. The third-order valence-electron chi connectivity index (χ3n) is 1.06. The summed E-state index contributed by atoms with van der Waals surface area (Å²) in [4.78, 5) is 0. The molecule has 0 heterocycles. The molecule has 0 fully saturated rings. The van der Waals surface area contributed by atoms with E-state index in [9.17, 15) is 0 Å². The van der Waals surface area contributed by atoms with Gasteiger partial charge in [0.25, 0.3) is 0 Å². The average molecular weight is 194 g/mol. The summed E-state index contributed by atoms with van der Waals surface area (Å²) >= 11 is 0. The van der Waals surface area contributed by atoms with E-state index in [2.05, 4.69) is 32.0 Å². The standard InChI is InChI=1S/C7H9.Ru/c1-6-3-4-7(2)5-6;/h3-5H,1-2H3;/q-1;+1. The van der Waals surface area contributed by atoms with E-state index in [0.29, 0.717) is 0 Å². The first-order valence-corrected chi connectivity index (χ1v) is 2.49. The van der Waals surface area contributed by atoms with Gasteiger partial charge in [0.2, 0.25) is 0 Å². The Morgan fingerprint density at radius 1 is 1.50 bits per heavy atom. The molecule has 45 valence electrons. The summed E-state index contributed by atoms with van der Waals surface area (Å²) in [5, 5.41) is 0. The predicted molar refractivity (Wildman–Crippen MR) is 31.5 cm³/mol. The van der Waals surface area contributed by atoms with Crippen LogP contribution in [0.1, 0.15) is 11.1 Å². The van der Waals surface area contributed by atoms with E-state index in [1.165, 1.54) is 11.1 Å². The fraction of sp³-hybridized carbons (Fsp3) is 0.286. The van der Waals surface area contributed by atoms with Crippen LogP contribution in [0.15, 0.2) is 18.2 Å². The first kappa shape index (κ1) is 7.97. The molecule has 0 nitrogen and oxygen atoms in total. The Balaban J connectivity index is 0.000000490. The maximum Gasteiger partial charge on any atom is 1.00 e. The zero-order chi connectivity index (χ0) is 5.28. The summed E-state index contributed by atoms with van der Waals surface area (Å²) in [7, 11) is 0. The average Bonchev–Trinajstić information content (AvgIpc) is 1.87. The molecular weight excluding hydrogens is 185 g/mol. The van der Waals surface area contributed by atoms with Crippen molar-refractivity contribution in [3.05, 3.63) is 29.3 Å². The largest absolute Gasteiger partial charge is 1.00 e. The number of hydrogen-bond donors (Lipinski definition) is 0. The van der Waals surface area contributed by atoms with Crippen LogP contribution >= 0.6 is 0 Å². The Morgan fingerprint density at radius 2 is 2.12 bits per heavy atom. The van der Waals surface area contributed by atoms with Crippen LogP contribution in [0.25, 0.3) is 0 Å². The molecule has 0 aliphatic carbocycles. The second kappa shape index (κ2) is 3.09. The van der Waals surface area contributed by atoms with Crippen molar-refractivity contribution >= 4 is 0 Å². The Labute approximate surface area is 63.0 Å². The van der Waals surface area contributed by atoms with E-state index >= 15 is 0 Å². The molecule has 0 N–H and O–H groups in total. The van der Waals surface area contributed by atoms with Gasteiger partial charge in [-0.2, -0.15) is 17.7 Å². The van der Waals surface area contributed by atoms with Crippen molar-refractivity contribution in [2.24, 2.45) is 0 Å². The maximum atomic E-state index is 2.17. The molecule has 1 aromatic carbocycles. The van der Waals surface area contributed by atoms with Crippen LogP contribution in [0, 0.1) is 13.8 Å². The van der Waals surface area contributed by atoms with E-state index in [0.717, 1.165) is 0 Å². The van der Waals surface area contributed by atoms with E-state index in [-0.39, 0.29) is 19.5 Å². The Morgan fingerprint density at radius 3 is 2.25 bits per heavy atom. The van der Waals surface area contributed by atoms with Crippen LogP contribution in [0.2, 0.25) is 0 Å². The van der Waals surface area contributed by atoms with Crippen LogP contribution in [-0.4, -0.2) is 0 Å². The maximum absolute atomic E-state index is 2.17. The van der Waals surface area contributed by atoms with Crippen molar-refractivity contribution < 1.29 is 19.5 Å². The van der Waals surface area contributed by atoms with Gasteiger partial charge < -0.3 is 0 Å². The van der Waals surface area contributed by atoms with Gasteiger partial charge in [0.15, 0.2) is 0 Å². The van der Waals surface area contributed by atoms with Crippen LogP contribution in [-0.2, 0) is 19.5 Å². The molecule has 1 heteroatoms. The van der Waals surface area contributed by atoms with Gasteiger partial charge in [0, 0.05) is 0 Å². The summed E-state index contributed by atoms with van der Waals surface area (Å²) in [6, 6.07) is 6.41. The molecule has 0 aromatic heterocycles. The summed E-state index contributed by atoms with van der Waals surface area (Å²) in [6.07, 6.45) is 0. The fourth-order valence-electron chi connectivity index (χ4n) is 0.718. The third-order valence-corrected chi connectivity index (χ3v) is 1.06. The Kier molecular flexibility index (Phi) is 3.08. The van der Waals surface area contributed by atoms with E-state index in [1.54, 1.807) is 0 Å². The van der Waals surface area contributed by atoms with Crippen molar-refractivity contribution in [3.8, 4) is 0 Å². The summed E-state index contributed by atoms with van der Waals surface area (Å²) < 4.78 is 0. The molecular formula is C7H9Ru. The van der Waals surface area contributed by atoms with Gasteiger partial charge in [0.05, 0.1) is 0 Å². The molecule has 0 aliphatic heterocycles. The van der Waals surface area contributed by atoms with Crippen molar-refractivity contribution in [2.45, 2.75) is 13.8 Å². The van der Waals surface area contributed by atoms with Gasteiger partial charge in [-0.1, -0.05) is 13.8 Å². The normalized spacial score (nSPS) is 8.25. The van der Waals surface area contributed by atoms with Gasteiger partial charge in [0.1, 0.15) is 0 Å². The molecule has 0 saturated carbocycles. The molecule has 1 rings (SSSR count). The topological polar surface area (TPSA) is 0 Å². The predicted octanol–water partition coefficient (Wildman–Crippen LogP) is 2.02. The molecule has 0 bridgehead atoms. The molecule has 0 spiro atoms. The smallest absolute Gasteiger partial charge is 0.211 e. The van der Waals surface area contributed by atoms with Gasteiger partial charge in [-0.3, -0.25) is 0 Å². The molecule has 0 amide bonds. The molecule has 0 unspecified atom stereocenters. The van der Waals surface area contributed by atoms with Crippen LogP contribution < -0.4 is 0 Å². The van der Waals surface area contributed by atoms with E-state index < -0.39 is 0 Å². The summed E-state index contributed by atoms with van der Waals surface area (Å²) in [5.41, 5.74) is 2.72.